The van der Waals surface area contributed by atoms with Gasteiger partial charge in [0.1, 0.15) is 5.82 Å². The van der Waals surface area contributed by atoms with Crippen molar-refractivity contribution < 1.29 is 4.79 Å². The number of aromatic nitrogens is 2. The van der Waals surface area contributed by atoms with Crippen molar-refractivity contribution in [1.82, 2.24) is 9.78 Å². The maximum Gasteiger partial charge on any atom is 0.235 e. The van der Waals surface area contributed by atoms with Crippen LogP contribution in [0.25, 0.3) is 5.69 Å². The van der Waals surface area contributed by atoms with Crippen LogP contribution in [-0.2, 0) is 4.79 Å². The van der Waals surface area contributed by atoms with E-state index >= 15 is 0 Å². The molecule has 0 saturated heterocycles. The molecule has 1 aliphatic heterocycles. The van der Waals surface area contributed by atoms with Crippen molar-refractivity contribution in [2.75, 3.05) is 11.1 Å². The van der Waals surface area contributed by atoms with Gasteiger partial charge in [0.05, 0.1) is 27.4 Å². The summed E-state index contributed by atoms with van der Waals surface area (Å²) in [6.07, 6.45) is 0. The van der Waals surface area contributed by atoms with Gasteiger partial charge in [-0.3, -0.25) is 4.79 Å². The lowest BCUT2D eigenvalue weighted by atomic mass is 10.00. The molecular weight excluding hydrogens is 366 g/mol. The van der Waals surface area contributed by atoms with Gasteiger partial charge < -0.3 is 5.32 Å². The Balaban J connectivity index is 1.94. The van der Waals surface area contributed by atoms with Crippen LogP contribution in [0.15, 0.2) is 48.5 Å². The summed E-state index contributed by atoms with van der Waals surface area (Å²) < 4.78 is 1.75. The van der Waals surface area contributed by atoms with E-state index in [4.69, 9.17) is 16.7 Å². The Bertz CT molecular complexity index is 998. The van der Waals surface area contributed by atoms with E-state index in [1.165, 1.54) is 11.1 Å². The molecule has 0 saturated carbocycles. The number of anilines is 1. The summed E-state index contributed by atoms with van der Waals surface area (Å²) in [6, 6.07) is 15.8. The molecule has 0 aliphatic carbocycles. The van der Waals surface area contributed by atoms with Gasteiger partial charge in [0.15, 0.2) is 0 Å². The maximum atomic E-state index is 12.4. The normalized spacial score (nSPS) is 16.7. The van der Waals surface area contributed by atoms with E-state index in [0.29, 0.717) is 16.6 Å². The molecule has 132 valence electrons. The number of carbonyl (C=O) groups is 1. The van der Waals surface area contributed by atoms with Gasteiger partial charge >= 0.3 is 0 Å². The first-order chi connectivity index (χ1) is 12.6. The number of rotatable bonds is 2. The SMILES string of the molecule is Cc1ccccc1[C@H]1SCC(=O)Nc2c1c(C)nn2-c1ccccc1Cl. The van der Waals surface area contributed by atoms with Crippen molar-refractivity contribution in [3.8, 4) is 5.69 Å². The first-order valence-electron chi connectivity index (χ1n) is 8.37. The molecule has 0 bridgehead atoms. The van der Waals surface area contributed by atoms with E-state index in [0.717, 1.165) is 16.9 Å². The second-order valence-corrected chi connectivity index (χ2v) is 7.81. The van der Waals surface area contributed by atoms with Gasteiger partial charge in [-0.2, -0.15) is 5.10 Å². The number of hydrogen-bond donors (Lipinski definition) is 1. The van der Waals surface area contributed by atoms with E-state index in [2.05, 4.69) is 24.4 Å². The molecule has 4 nitrogen and oxygen atoms in total. The van der Waals surface area contributed by atoms with Gasteiger partial charge in [-0.05, 0) is 37.1 Å². The van der Waals surface area contributed by atoms with Gasteiger partial charge in [0.2, 0.25) is 5.91 Å². The molecule has 1 N–H and O–H groups in total. The largest absolute Gasteiger partial charge is 0.310 e. The average Bonchev–Trinajstić information content (AvgIpc) is 2.82. The van der Waals surface area contributed by atoms with E-state index in [1.54, 1.807) is 16.4 Å². The summed E-state index contributed by atoms with van der Waals surface area (Å²) in [5.41, 5.74) is 5.10. The van der Waals surface area contributed by atoms with Crippen LogP contribution in [-0.4, -0.2) is 21.4 Å². The standard InChI is InChI=1S/C20H18ClN3OS/c1-12-7-3-4-8-14(12)19-18-13(2)23-24(16-10-6-5-9-15(16)21)20(18)22-17(25)11-26-19/h3-10,19H,11H2,1-2H3,(H,22,25)/t19-/m1/s1. The number of carbonyl (C=O) groups excluding carboxylic acids is 1. The third kappa shape index (κ3) is 2.91. The van der Waals surface area contributed by atoms with Crippen LogP contribution in [0.4, 0.5) is 5.82 Å². The van der Waals surface area contributed by atoms with Crippen LogP contribution in [0.5, 0.6) is 0 Å². The molecule has 2 heterocycles. The van der Waals surface area contributed by atoms with Crippen LogP contribution < -0.4 is 5.32 Å². The second-order valence-electron chi connectivity index (χ2n) is 6.31. The first kappa shape index (κ1) is 17.2. The monoisotopic (exact) mass is 383 g/mol. The topological polar surface area (TPSA) is 46.9 Å². The second kappa shape index (κ2) is 6.82. The Morgan fingerprint density at radius 1 is 1.15 bits per heavy atom. The van der Waals surface area contributed by atoms with Crippen LogP contribution in [0.1, 0.15) is 27.6 Å². The molecule has 26 heavy (non-hydrogen) atoms. The minimum absolute atomic E-state index is 0.0273. The smallest absolute Gasteiger partial charge is 0.235 e. The zero-order valence-corrected chi connectivity index (χ0v) is 16.1. The highest BCUT2D eigenvalue weighted by molar-refractivity contribution is 8.00. The molecule has 0 spiro atoms. The van der Waals surface area contributed by atoms with Crippen LogP contribution >= 0.6 is 23.4 Å². The summed E-state index contributed by atoms with van der Waals surface area (Å²) in [7, 11) is 0. The Hall–Kier alpha value is -2.24. The number of nitrogens with one attached hydrogen (secondary N) is 1. The fourth-order valence-corrected chi connectivity index (χ4v) is 4.81. The first-order valence-corrected chi connectivity index (χ1v) is 9.80. The fraction of sp³-hybridized carbons (Fsp3) is 0.200. The molecule has 0 unspecified atom stereocenters. The van der Waals surface area contributed by atoms with E-state index < -0.39 is 0 Å². The average molecular weight is 384 g/mol. The molecule has 1 atom stereocenters. The molecule has 2 aromatic carbocycles. The molecular formula is C20H18ClN3OS. The summed E-state index contributed by atoms with van der Waals surface area (Å²) in [4.78, 5) is 12.4. The highest BCUT2D eigenvalue weighted by Gasteiger charge is 2.31. The van der Waals surface area contributed by atoms with Crippen LogP contribution in [0.3, 0.4) is 0 Å². The van der Waals surface area contributed by atoms with Crippen molar-refractivity contribution in [3.05, 3.63) is 75.9 Å². The third-order valence-corrected chi connectivity index (χ3v) is 6.13. The van der Waals surface area contributed by atoms with E-state index in [1.807, 2.05) is 43.3 Å². The van der Waals surface area contributed by atoms with Crippen molar-refractivity contribution in [2.24, 2.45) is 0 Å². The van der Waals surface area contributed by atoms with Crippen molar-refractivity contribution >= 4 is 35.1 Å². The molecule has 1 aromatic heterocycles. The van der Waals surface area contributed by atoms with Crippen LogP contribution in [0, 0.1) is 13.8 Å². The number of nitrogens with zero attached hydrogens (tertiary/aromatic N) is 2. The van der Waals surface area contributed by atoms with Gasteiger partial charge in [-0.1, -0.05) is 48.0 Å². The Morgan fingerprint density at radius 2 is 1.88 bits per heavy atom. The molecule has 0 radical (unpaired) electrons. The number of benzene rings is 2. The maximum absolute atomic E-state index is 12.4. The lowest BCUT2D eigenvalue weighted by Crippen LogP contribution is -2.16. The van der Waals surface area contributed by atoms with Gasteiger partial charge in [0, 0.05) is 5.56 Å². The number of halogens is 1. The minimum atomic E-state index is -0.0273. The third-order valence-electron chi connectivity index (χ3n) is 4.56. The van der Waals surface area contributed by atoms with Gasteiger partial charge in [0.25, 0.3) is 0 Å². The predicted molar refractivity (Wildman–Crippen MR) is 107 cm³/mol. The fourth-order valence-electron chi connectivity index (χ4n) is 3.31. The molecule has 0 fully saturated rings. The summed E-state index contributed by atoms with van der Waals surface area (Å²) in [5, 5.41) is 8.38. The lowest BCUT2D eigenvalue weighted by Gasteiger charge is -2.17. The molecule has 1 amide bonds. The molecule has 1 aliphatic rings. The number of hydrogen-bond acceptors (Lipinski definition) is 3. The zero-order chi connectivity index (χ0) is 18.3. The summed E-state index contributed by atoms with van der Waals surface area (Å²) >= 11 is 8.02. The number of para-hydroxylation sites is 1. The predicted octanol–water partition coefficient (Wildman–Crippen LogP) is 4.92. The number of amides is 1. The van der Waals surface area contributed by atoms with E-state index in [-0.39, 0.29) is 11.2 Å². The van der Waals surface area contributed by atoms with Crippen molar-refractivity contribution in [1.29, 1.82) is 0 Å². The Labute approximate surface area is 161 Å². The summed E-state index contributed by atoms with van der Waals surface area (Å²) in [5.74, 6) is 1.08. The van der Waals surface area contributed by atoms with E-state index in [9.17, 15) is 4.79 Å². The minimum Gasteiger partial charge on any atom is -0.310 e. The lowest BCUT2D eigenvalue weighted by molar-refractivity contribution is -0.113. The highest BCUT2D eigenvalue weighted by Crippen LogP contribution is 2.45. The Morgan fingerprint density at radius 3 is 2.65 bits per heavy atom. The quantitative estimate of drug-likeness (QED) is 0.683. The molecule has 3 aromatic rings. The van der Waals surface area contributed by atoms with Gasteiger partial charge in [-0.25, -0.2) is 4.68 Å². The highest BCUT2D eigenvalue weighted by atomic mass is 35.5. The number of fused-ring (bicyclic) bond motifs is 1. The molecule has 6 heteroatoms. The van der Waals surface area contributed by atoms with Crippen molar-refractivity contribution in [2.45, 2.75) is 19.1 Å². The zero-order valence-electron chi connectivity index (χ0n) is 14.5. The molecule has 4 rings (SSSR count). The van der Waals surface area contributed by atoms with Gasteiger partial charge in [-0.15, -0.1) is 11.8 Å². The van der Waals surface area contributed by atoms with Crippen LogP contribution in [0.2, 0.25) is 5.02 Å². The Kier molecular flexibility index (Phi) is 4.51. The summed E-state index contributed by atoms with van der Waals surface area (Å²) in [6.45, 7) is 4.08. The number of aryl methyl sites for hydroxylation is 2. The number of thioether (sulfide) groups is 1. The van der Waals surface area contributed by atoms with Crippen molar-refractivity contribution in [3.63, 3.8) is 0 Å².